The fraction of sp³-hybridized carbons (Fsp3) is 0.545. The zero-order valence-electron chi connectivity index (χ0n) is 9.82. The van der Waals surface area contributed by atoms with Crippen LogP contribution in [0.25, 0.3) is 0 Å². The number of hydrogen-bond donors (Lipinski definition) is 1. The Morgan fingerprint density at radius 1 is 1.24 bits per heavy atom. The first-order valence-corrected chi connectivity index (χ1v) is 5.70. The average Bonchev–Trinajstić information content (AvgIpc) is 2.35. The number of rotatable bonds is 8. The zero-order chi connectivity index (χ0) is 12.5. The molecular formula is C11H17ClN2O3. The number of nitrogens with two attached hydrogens (primary N) is 1. The van der Waals surface area contributed by atoms with Gasteiger partial charge in [0.2, 0.25) is 5.88 Å². The average molecular weight is 261 g/mol. The number of aromatic nitrogens is 1. The van der Waals surface area contributed by atoms with Crippen molar-refractivity contribution in [2.75, 3.05) is 33.5 Å². The summed E-state index contributed by atoms with van der Waals surface area (Å²) in [6, 6.07) is 3.43. The molecule has 5 nitrogen and oxygen atoms in total. The summed E-state index contributed by atoms with van der Waals surface area (Å²) in [5.74, 6) is 0.505. The second kappa shape index (κ2) is 8.25. The lowest BCUT2D eigenvalue weighted by Crippen LogP contribution is -2.11. The summed E-state index contributed by atoms with van der Waals surface area (Å²) in [4.78, 5) is 4.17. The fourth-order valence-electron chi connectivity index (χ4n) is 1.14. The molecule has 1 heterocycles. The van der Waals surface area contributed by atoms with Gasteiger partial charge in [-0.3, -0.25) is 0 Å². The quantitative estimate of drug-likeness (QED) is 0.713. The van der Waals surface area contributed by atoms with Crippen molar-refractivity contribution in [2.45, 2.75) is 6.54 Å². The van der Waals surface area contributed by atoms with Crippen LogP contribution in [0.5, 0.6) is 5.88 Å². The first kappa shape index (κ1) is 14.2. The second-order valence-corrected chi connectivity index (χ2v) is 3.64. The molecule has 1 aromatic heterocycles. The number of methoxy groups -OCH3 is 1. The smallest absolute Gasteiger partial charge is 0.213 e. The predicted octanol–water partition coefficient (Wildman–Crippen LogP) is 1.24. The van der Waals surface area contributed by atoms with Gasteiger partial charge >= 0.3 is 0 Å². The van der Waals surface area contributed by atoms with Crippen LogP contribution in [0.1, 0.15) is 5.69 Å². The molecule has 0 radical (unpaired) electrons. The Balaban J connectivity index is 2.27. The highest BCUT2D eigenvalue weighted by Crippen LogP contribution is 2.17. The number of nitrogens with zero attached hydrogens (tertiary/aromatic N) is 1. The van der Waals surface area contributed by atoms with Gasteiger partial charge in [-0.2, -0.15) is 0 Å². The van der Waals surface area contributed by atoms with Crippen LogP contribution in [0.15, 0.2) is 12.1 Å². The maximum Gasteiger partial charge on any atom is 0.213 e. The fourth-order valence-corrected chi connectivity index (χ4v) is 1.32. The van der Waals surface area contributed by atoms with E-state index in [1.54, 1.807) is 19.2 Å². The van der Waals surface area contributed by atoms with Gasteiger partial charge in [0.25, 0.3) is 0 Å². The summed E-state index contributed by atoms with van der Waals surface area (Å²) in [5, 5.41) is 0.552. The van der Waals surface area contributed by atoms with Gasteiger partial charge in [0, 0.05) is 19.7 Å². The van der Waals surface area contributed by atoms with Crippen molar-refractivity contribution in [3.05, 3.63) is 22.8 Å². The maximum absolute atomic E-state index is 5.88. The summed E-state index contributed by atoms with van der Waals surface area (Å²) < 4.78 is 15.5. The van der Waals surface area contributed by atoms with E-state index >= 15 is 0 Å². The van der Waals surface area contributed by atoms with Crippen LogP contribution < -0.4 is 10.5 Å². The third kappa shape index (κ3) is 5.32. The lowest BCUT2D eigenvalue weighted by atomic mass is 10.3. The molecule has 0 amide bonds. The van der Waals surface area contributed by atoms with Gasteiger partial charge in [0.05, 0.1) is 30.5 Å². The van der Waals surface area contributed by atoms with Crippen LogP contribution in [0.2, 0.25) is 5.02 Å². The minimum atomic E-state index is 0.292. The lowest BCUT2D eigenvalue weighted by Gasteiger charge is -2.08. The zero-order valence-corrected chi connectivity index (χ0v) is 10.6. The number of ether oxygens (including phenoxy) is 3. The van der Waals surface area contributed by atoms with Crippen molar-refractivity contribution >= 4 is 11.6 Å². The Hall–Kier alpha value is -0.880. The monoisotopic (exact) mass is 260 g/mol. The molecular weight excluding hydrogens is 244 g/mol. The number of pyridine rings is 1. The van der Waals surface area contributed by atoms with Crippen LogP contribution in [-0.4, -0.2) is 38.5 Å². The maximum atomic E-state index is 5.88. The van der Waals surface area contributed by atoms with Gasteiger partial charge in [0.15, 0.2) is 0 Å². The van der Waals surface area contributed by atoms with Crippen LogP contribution >= 0.6 is 11.6 Å². The third-order valence-electron chi connectivity index (χ3n) is 2.00. The molecule has 0 aromatic carbocycles. The Labute approximate surface area is 106 Å². The van der Waals surface area contributed by atoms with E-state index in [0.717, 1.165) is 0 Å². The Morgan fingerprint density at radius 2 is 2.00 bits per heavy atom. The van der Waals surface area contributed by atoms with Gasteiger partial charge in [-0.1, -0.05) is 11.6 Å². The highest BCUT2D eigenvalue weighted by Gasteiger charge is 2.02. The molecule has 0 atom stereocenters. The number of halogens is 1. The van der Waals surface area contributed by atoms with Crippen molar-refractivity contribution in [1.29, 1.82) is 0 Å². The second-order valence-electron chi connectivity index (χ2n) is 3.24. The van der Waals surface area contributed by atoms with Gasteiger partial charge in [-0.25, -0.2) is 4.98 Å². The normalized spacial score (nSPS) is 10.5. The molecule has 1 aromatic rings. The molecule has 1 rings (SSSR count). The van der Waals surface area contributed by atoms with Crippen molar-refractivity contribution in [3.63, 3.8) is 0 Å². The molecule has 6 heteroatoms. The van der Waals surface area contributed by atoms with Gasteiger partial charge in [-0.15, -0.1) is 0 Å². The van der Waals surface area contributed by atoms with E-state index in [2.05, 4.69) is 4.98 Å². The summed E-state index contributed by atoms with van der Waals surface area (Å²) in [7, 11) is 1.63. The van der Waals surface area contributed by atoms with Crippen LogP contribution in [0, 0.1) is 0 Å². The largest absolute Gasteiger partial charge is 0.475 e. The van der Waals surface area contributed by atoms with Crippen LogP contribution in [0.4, 0.5) is 0 Å². The first-order valence-electron chi connectivity index (χ1n) is 5.33. The lowest BCUT2D eigenvalue weighted by molar-refractivity contribution is 0.0536. The molecule has 0 bridgehead atoms. The van der Waals surface area contributed by atoms with E-state index < -0.39 is 0 Å². The van der Waals surface area contributed by atoms with Crippen molar-refractivity contribution < 1.29 is 14.2 Å². The molecule has 0 unspecified atom stereocenters. The Kier molecular flexibility index (Phi) is 6.88. The molecule has 0 aliphatic carbocycles. The van der Waals surface area contributed by atoms with E-state index in [1.165, 1.54) is 0 Å². The number of hydrogen-bond acceptors (Lipinski definition) is 5. The minimum absolute atomic E-state index is 0.292. The minimum Gasteiger partial charge on any atom is -0.475 e. The molecule has 96 valence electrons. The van der Waals surface area contributed by atoms with Gasteiger partial charge in [0.1, 0.15) is 6.61 Å². The highest BCUT2D eigenvalue weighted by atomic mass is 35.5. The molecule has 0 saturated heterocycles. The summed E-state index contributed by atoms with van der Waals surface area (Å²) in [6.07, 6.45) is 0. The Morgan fingerprint density at radius 3 is 2.71 bits per heavy atom. The summed E-state index contributed by atoms with van der Waals surface area (Å²) in [6.45, 7) is 2.35. The van der Waals surface area contributed by atoms with Crippen molar-refractivity contribution in [1.82, 2.24) is 4.98 Å². The summed E-state index contributed by atoms with van der Waals surface area (Å²) in [5.41, 5.74) is 6.12. The highest BCUT2D eigenvalue weighted by molar-refractivity contribution is 6.31. The standard InChI is InChI=1S/C11H17ClN2O3/c1-15-4-5-16-6-7-17-11-3-2-9(12)10(8-13)14-11/h2-3H,4-8,13H2,1H3. The Bertz CT molecular complexity index is 336. The molecule has 0 spiro atoms. The molecule has 0 fully saturated rings. The van der Waals surface area contributed by atoms with Crippen molar-refractivity contribution in [3.8, 4) is 5.88 Å². The molecule has 2 N–H and O–H groups in total. The van der Waals surface area contributed by atoms with Gasteiger partial charge < -0.3 is 19.9 Å². The molecule has 0 aliphatic rings. The first-order chi connectivity index (χ1) is 8.27. The van der Waals surface area contributed by atoms with Gasteiger partial charge in [-0.05, 0) is 6.07 Å². The topological polar surface area (TPSA) is 66.6 Å². The molecule has 17 heavy (non-hydrogen) atoms. The van der Waals surface area contributed by atoms with E-state index in [-0.39, 0.29) is 0 Å². The van der Waals surface area contributed by atoms with Crippen molar-refractivity contribution in [2.24, 2.45) is 5.73 Å². The van der Waals surface area contributed by atoms with E-state index in [4.69, 9.17) is 31.5 Å². The predicted molar refractivity (Wildman–Crippen MR) is 65.3 cm³/mol. The third-order valence-corrected chi connectivity index (χ3v) is 2.34. The SMILES string of the molecule is COCCOCCOc1ccc(Cl)c(CN)n1. The molecule has 0 saturated carbocycles. The van der Waals surface area contributed by atoms with E-state index in [1.807, 2.05) is 0 Å². The molecule has 0 aliphatic heterocycles. The summed E-state index contributed by atoms with van der Waals surface area (Å²) >= 11 is 5.88. The van der Waals surface area contributed by atoms with Crippen LogP contribution in [0.3, 0.4) is 0 Å². The van der Waals surface area contributed by atoms with E-state index in [0.29, 0.717) is 49.6 Å². The van der Waals surface area contributed by atoms with E-state index in [9.17, 15) is 0 Å². The van der Waals surface area contributed by atoms with Crippen LogP contribution in [-0.2, 0) is 16.0 Å².